The van der Waals surface area contributed by atoms with Crippen molar-refractivity contribution in [3.8, 4) is 0 Å². The lowest BCUT2D eigenvalue weighted by molar-refractivity contribution is -0.149. The number of amides is 2. The SMILES string of the molecule is C[C@@]12CN(C(=O)c3cocn3)CC[C@H]1N(c1ccccc1)C(=O)CO2. The number of anilines is 1. The van der Waals surface area contributed by atoms with Crippen LogP contribution in [0.4, 0.5) is 5.69 Å². The van der Waals surface area contributed by atoms with Gasteiger partial charge in [-0.3, -0.25) is 9.59 Å². The Hall–Kier alpha value is -2.67. The maximum Gasteiger partial charge on any atom is 0.275 e. The van der Waals surface area contributed by atoms with Crippen LogP contribution >= 0.6 is 0 Å². The molecule has 2 aliphatic rings. The number of hydrogen-bond acceptors (Lipinski definition) is 5. The summed E-state index contributed by atoms with van der Waals surface area (Å²) in [4.78, 5) is 32.5. The van der Waals surface area contributed by atoms with E-state index in [1.54, 1.807) is 4.90 Å². The Morgan fingerprint density at radius 3 is 2.84 bits per heavy atom. The zero-order valence-electron chi connectivity index (χ0n) is 13.9. The number of nitrogens with zero attached hydrogens (tertiary/aromatic N) is 3. The first-order valence-corrected chi connectivity index (χ1v) is 8.27. The highest BCUT2D eigenvalue weighted by Crippen LogP contribution is 2.36. The number of piperidine rings is 1. The minimum absolute atomic E-state index is 0.00782. The van der Waals surface area contributed by atoms with Crippen LogP contribution in [-0.4, -0.2) is 53.0 Å². The van der Waals surface area contributed by atoms with Crippen molar-refractivity contribution in [3.63, 3.8) is 0 Å². The summed E-state index contributed by atoms with van der Waals surface area (Å²) in [6.45, 7) is 2.90. The number of carbonyl (C=O) groups excluding carboxylic acids is 2. The number of likely N-dealkylation sites (tertiary alicyclic amines) is 1. The molecular weight excluding hydrogens is 322 g/mol. The fourth-order valence-corrected chi connectivity index (χ4v) is 3.73. The van der Waals surface area contributed by atoms with Crippen molar-refractivity contribution >= 4 is 17.5 Å². The number of hydrogen-bond donors (Lipinski definition) is 0. The first kappa shape index (κ1) is 15.8. The first-order chi connectivity index (χ1) is 12.1. The number of carbonyl (C=O) groups is 2. The second kappa shape index (κ2) is 6.00. The normalized spacial score (nSPS) is 26.4. The van der Waals surface area contributed by atoms with E-state index in [4.69, 9.17) is 9.15 Å². The molecule has 0 radical (unpaired) electrons. The van der Waals surface area contributed by atoms with E-state index >= 15 is 0 Å². The van der Waals surface area contributed by atoms with E-state index in [2.05, 4.69) is 4.98 Å². The summed E-state index contributed by atoms with van der Waals surface area (Å²) in [5.41, 5.74) is 0.527. The van der Waals surface area contributed by atoms with Crippen LogP contribution in [0.25, 0.3) is 0 Å². The quantitative estimate of drug-likeness (QED) is 0.831. The standard InChI is InChI=1S/C18H19N3O4/c1-18-11-20(17(23)14-9-24-12-19-14)8-7-15(18)21(16(22)10-25-18)13-5-3-2-4-6-13/h2-6,9,12,15H,7-8,10-11H2,1H3/t15-,18-/m1/s1. The molecule has 2 atom stereocenters. The molecule has 1 aromatic carbocycles. The molecule has 3 heterocycles. The molecule has 7 nitrogen and oxygen atoms in total. The molecule has 2 fully saturated rings. The zero-order chi connectivity index (χ0) is 17.4. The molecule has 0 unspecified atom stereocenters. The molecule has 0 aliphatic carbocycles. The van der Waals surface area contributed by atoms with Crippen molar-refractivity contribution in [2.24, 2.45) is 0 Å². The van der Waals surface area contributed by atoms with Crippen LogP contribution < -0.4 is 4.90 Å². The van der Waals surface area contributed by atoms with Gasteiger partial charge in [0.1, 0.15) is 18.5 Å². The number of aromatic nitrogens is 1. The van der Waals surface area contributed by atoms with E-state index in [1.165, 1.54) is 12.7 Å². The molecule has 2 aliphatic heterocycles. The Balaban J connectivity index is 1.60. The van der Waals surface area contributed by atoms with Gasteiger partial charge in [-0.05, 0) is 25.5 Å². The van der Waals surface area contributed by atoms with Gasteiger partial charge in [0.25, 0.3) is 11.8 Å². The topological polar surface area (TPSA) is 75.9 Å². The van der Waals surface area contributed by atoms with Gasteiger partial charge in [-0.2, -0.15) is 0 Å². The molecule has 0 N–H and O–H groups in total. The van der Waals surface area contributed by atoms with E-state index in [-0.39, 0.29) is 30.2 Å². The summed E-state index contributed by atoms with van der Waals surface area (Å²) >= 11 is 0. The van der Waals surface area contributed by atoms with Gasteiger partial charge in [-0.15, -0.1) is 0 Å². The van der Waals surface area contributed by atoms with Crippen LogP contribution in [0, 0.1) is 0 Å². The van der Waals surface area contributed by atoms with E-state index in [0.29, 0.717) is 19.5 Å². The minimum atomic E-state index is -0.624. The first-order valence-electron chi connectivity index (χ1n) is 8.27. The van der Waals surface area contributed by atoms with Gasteiger partial charge >= 0.3 is 0 Å². The fourth-order valence-electron chi connectivity index (χ4n) is 3.73. The van der Waals surface area contributed by atoms with E-state index < -0.39 is 5.60 Å². The van der Waals surface area contributed by atoms with Gasteiger partial charge < -0.3 is 19.0 Å². The minimum Gasteiger partial charge on any atom is -0.451 e. The monoisotopic (exact) mass is 341 g/mol. The molecule has 2 aromatic rings. The van der Waals surface area contributed by atoms with Crippen molar-refractivity contribution in [2.45, 2.75) is 25.0 Å². The Morgan fingerprint density at radius 1 is 1.32 bits per heavy atom. The van der Waals surface area contributed by atoms with Gasteiger partial charge in [-0.1, -0.05) is 18.2 Å². The molecule has 2 saturated heterocycles. The van der Waals surface area contributed by atoms with Gasteiger partial charge in [0.2, 0.25) is 0 Å². The number of para-hydroxylation sites is 1. The van der Waals surface area contributed by atoms with Gasteiger partial charge in [0.15, 0.2) is 12.1 Å². The number of rotatable bonds is 2. The number of oxazole rings is 1. The van der Waals surface area contributed by atoms with Crippen molar-refractivity contribution < 1.29 is 18.7 Å². The van der Waals surface area contributed by atoms with Crippen molar-refractivity contribution in [2.75, 3.05) is 24.6 Å². The lowest BCUT2D eigenvalue weighted by Gasteiger charge is -2.52. The molecule has 130 valence electrons. The summed E-state index contributed by atoms with van der Waals surface area (Å²) in [6, 6.07) is 9.49. The molecule has 4 rings (SSSR count). The Morgan fingerprint density at radius 2 is 2.12 bits per heavy atom. The van der Waals surface area contributed by atoms with Crippen LogP contribution in [0.15, 0.2) is 47.4 Å². The highest BCUT2D eigenvalue weighted by Gasteiger charge is 2.50. The lowest BCUT2D eigenvalue weighted by Crippen LogP contribution is -2.68. The molecular formula is C18H19N3O4. The molecule has 0 saturated carbocycles. The van der Waals surface area contributed by atoms with Crippen molar-refractivity contribution in [1.29, 1.82) is 0 Å². The van der Waals surface area contributed by atoms with Crippen LogP contribution in [0.3, 0.4) is 0 Å². The number of fused-ring (bicyclic) bond motifs is 1. The molecule has 0 spiro atoms. The Bertz CT molecular complexity index is 777. The largest absolute Gasteiger partial charge is 0.451 e. The van der Waals surface area contributed by atoms with Crippen molar-refractivity contribution in [3.05, 3.63) is 48.7 Å². The molecule has 0 bridgehead atoms. The van der Waals surface area contributed by atoms with Crippen LogP contribution in [0.1, 0.15) is 23.8 Å². The lowest BCUT2D eigenvalue weighted by atomic mass is 9.85. The second-order valence-electron chi connectivity index (χ2n) is 6.61. The van der Waals surface area contributed by atoms with Crippen LogP contribution in [0.2, 0.25) is 0 Å². The summed E-state index contributed by atoms with van der Waals surface area (Å²) in [7, 11) is 0. The number of benzene rings is 1. The molecule has 2 amide bonds. The molecule has 7 heteroatoms. The fraction of sp³-hybridized carbons (Fsp3) is 0.389. The van der Waals surface area contributed by atoms with Gasteiger partial charge in [0.05, 0.1) is 12.6 Å². The van der Waals surface area contributed by atoms with Crippen LogP contribution in [-0.2, 0) is 9.53 Å². The van der Waals surface area contributed by atoms with Crippen LogP contribution in [0.5, 0.6) is 0 Å². The highest BCUT2D eigenvalue weighted by atomic mass is 16.5. The number of ether oxygens (including phenoxy) is 1. The van der Waals surface area contributed by atoms with E-state index in [0.717, 1.165) is 5.69 Å². The summed E-state index contributed by atoms with van der Waals surface area (Å²) in [5.74, 6) is -0.231. The zero-order valence-corrected chi connectivity index (χ0v) is 13.9. The maximum absolute atomic E-state index is 12.6. The third-order valence-corrected chi connectivity index (χ3v) is 4.96. The average molecular weight is 341 g/mol. The summed E-state index contributed by atoms with van der Waals surface area (Å²) in [6.07, 6.45) is 3.23. The third-order valence-electron chi connectivity index (χ3n) is 4.96. The van der Waals surface area contributed by atoms with E-state index in [9.17, 15) is 9.59 Å². The second-order valence-corrected chi connectivity index (χ2v) is 6.61. The summed E-state index contributed by atoms with van der Waals surface area (Å²) < 4.78 is 10.8. The predicted molar refractivity (Wildman–Crippen MR) is 89.1 cm³/mol. The summed E-state index contributed by atoms with van der Waals surface area (Å²) in [5, 5.41) is 0. The van der Waals surface area contributed by atoms with Gasteiger partial charge in [-0.25, -0.2) is 4.98 Å². The Labute approximate surface area is 145 Å². The third kappa shape index (κ3) is 2.70. The Kier molecular flexibility index (Phi) is 3.80. The van der Waals surface area contributed by atoms with Gasteiger partial charge in [0, 0.05) is 12.2 Å². The maximum atomic E-state index is 12.6. The molecule has 1 aromatic heterocycles. The van der Waals surface area contributed by atoms with Crippen molar-refractivity contribution in [1.82, 2.24) is 9.88 Å². The average Bonchev–Trinajstić information content (AvgIpc) is 3.16. The smallest absolute Gasteiger partial charge is 0.275 e. The predicted octanol–water partition coefficient (Wildman–Crippen LogP) is 1.71. The number of morpholine rings is 1. The van der Waals surface area contributed by atoms with E-state index in [1.807, 2.05) is 42.2 Å². The molecule has 25 heavy (non-hydrogen) atoms. The highest BCUT2D eigenvalue weighted by molar-refractivity contribution is 5.96.